The number of ether oxygens (including phenoxy) is 1. The quantitative estimate of drug-likeness (QED) is 0.832. The highest BCUT2D eigenvalue weighted by atomic mass is 16.5. The number of β-amino-alcohol motifs (C(OH)–C–C–N with tert-alkyl or cyclic N) is 1. The molecule has 0 spiro atoms. The van der Waals surface area contributed by atoms with E-state index in [0.717, 1.165) is 56.6 Å². The molecule has 1 atom stereocenters. The fourth-order valence-corrected chi connectivity index (χ4v) is 4.44. The van der Waals surface area contributed by atoms with Crippen molar-refractivity contribution in [3.63, 3.8) is 0 Å². The topological polar surface area (TPSA) is 65.0 Å². The number of likely N-dealkylation sites (tertiary alicyclic amines) is 1. The summed E-state index contributed by atoms with van der Waals surface area (Å²) in [7, 11) is 0. The lowest BCUT2D eigenvalue weighted by Gasteiger charge is -2.34. The highest BCUT2D eigenvalue weighted by Gasteiger charge is 2.36. The van der Waals surface area contributed by atoms with Gasteiger partial charge in [-0.1, -0.05) is 6.92 Å². The van der Waals surface area contributed by atoms with Crippen LogP contribution in [0.15, 0.2) is 6.07 Å². The van der Waals surface area contributed by atoms with Crippen LogP contribution < -0.4 is 9.80 Å². The van der Waals surface area contributed by atoms with Gasteiger partial charge in [0.25, 0.3) is 0 Å². The third-order valence-electron chi connectivity index (χ3n) is 5.91. The van der Waals surface area contributed by atoms with Crippen LogP contribution in [0.4, 0.5) is 11.8 Å². The van der Waals surface area contributed by atoms with Crippen molar-refractivity contribution in [3.05, 3.63) is 11.8 Å². The van der Waals surface area contributed by atoms with E-state index < -0.39 is 5.60 Å². The van der Waals surface area contributed by atoms with E-state index in [2.05, 4.69) is 27.7 Å². The van der Waals surface area contributed by atoms with Crippen LogP contribution in [0.25, 0.3) is 0 Å². The molecular weight excluding hydrogens is 342 g/mol. The lowest BCUT2D eigenvalue weighted by molar-refractivity contribution is -0.0439. The predicted octanol–water partition coefficient (Wildman–Crippen LogP) is 1.30. The minimum atomic E-state index is -0.855. The van der Waals surface area contributed by atoms with Gasteiger partial charge in [0, 0.05) is 37.9 Å². The van der Waals surface area contributed by atoms with Crippen molar-refractivity contribution in [1.82, 2.24) is 14.9 Å². The molecule has 3 aliphatic heterocycles. The lowest BCUT2D eigenvalue weighted by atomic mass is 10.0. The predicted molar refractivity (Wildman–Crippen MR) is 107 cm³/mol. The summed E-state index contributed by atoms with van der Waals surface area (Å²) in [5.41, 5.74) is 0.210. The zero-order valence-corrected chi connectivity index (χ0v) is 16.6. The Morgan fingerprint density at radius 3 is 2.52 bits per heavy atom. The Bertz CT molecular complexity index is 631. The van der Waals surface area contributed by atoms with Crippen LogP contribution >= 0.6 is 0 Å². The van der Waals surface area contributed by atoms with Gasteiger partial charge in [-0.25, -0.2) is 4.98 Å². The number of anilines is 2. The van der Waals surface area contributed by atoms with E-state index in [4.69, 9.17) is 14.7 Å². The van der Waals surface area contributed by atoms with Crippen LogP contribution in [-0.4, -0.2) is 84.6 Å². The van der Waals surface area contributed by atoms with Crippen molar-refractivity contribution in [2.24, 2.45) is 0 Å². The molecule has 1 N–H and O–H groups in total. The van der Waals surface area contributed by atoms with E-state index >= 15 is 0 Å². The van der Waals surface area contributed by atoms with Gasteiger partial charge in [0.1, 0.15) is 11.4 Å². The molecule has 0 saturated carbocycles. The largest absolute Gasteiger partial charge is 0.384 e. The molecular formula is C20H33N5O2. The maximum absolute atomic E-state index is 11.3. The Balaban J connectivity index is 1.55. The third kappa shape index (κ3) is 4.52. The number of aryl methyl sites for hydroxylation is 1. The number of hydrogen-bond acceptors (Lipinski definition) is 7. The van der Waals surface area contributed by atoms with Crippen molar-refractivity contribution in [3.8, 4) is 0 Å². The minimum absolute atomic E-state index is 0.394. The van der Waals surface area contributed by atoms with E-state index in [1.807, 2.05) is 0 Å². The first-order valence-corrected chi connectivity index (χ1v) is 10.6. The molecule has 1 aromatic heterocycles. The van der Waals surface area contributed by atoms with Gasteiger partial charge in [0.2, 0.25) is 5.95 Å². The van der Waals surface area contributed by atoms with E-state index in [-0.39, 0.29) is 0 Å². The molecule has 1 aromatic rings. The van der Waals surface area contributed by atoms with Crippen LogP contribution in [0.3, 0.4) is 0 Å². The standard InChI is InChI=1S/C20H33N5O2/c1-2-17-13-18(22-19(21-17)24-9-5-6-10-24)25-11-12-27-16-20(26,15-25)14-23-7-3-4-8-23/h13,26H,2-12,14-16H2,1H3. The smallest absolute Gasteiger partial charge is 0.227 e. The average molecular weight is 376 g/mol. The van der Waals surface area contributed by atoms with Gasteiger partial charge in [0.15, 0.2) is 0 Å². The van der Waals surface area contributed by atoms with Gasteiger partial charge < -0.3 is 24.5 Å². The Morgan fingerprint density at radius 2 is 1.78 bits per heavy atom. The summed E-state index contributed by atoms with van der Waals surface area (Å²) < 4.78 is 5.79. The zero-order valence-electron chi connectivity index (χ0n) is 16.6. The maximum Gasteiger partial charge on any atom is 0.227 e. The van der Waals surface area contributed by atoms with E-state index in [9.17, 15) is 5.11 Å². The SMILES string of the molecule is CCc1cc(N2CCOCC(O)(CN3CCCC3)C2)nc(N2CCCC2)n1. The van der Waals surface area contributed by atoms with Crippen LogP contribution in [0.2, 0.25) is 0 Å². The number of rotatable bonds is 5. The first-order valence-electron chi connectivity index (χ1n) is 10.6. The third-order valence-corrected chi connectivity index (χ3v) is 5.91. The van der Waals surface area contributed by atoms with Crippen molar-refractivity contribution in [1.29, 1.82) is 0 Å². The summed E-state index contributed by atoms with van der Waals surface area (Å²) in [6.07, 6.45) is 5.76. The number of aliphatic hydroxyl groups is 1. The summed E-state index contributed by atoms with van der Waals surface area (Å²) in [6, 6.07) is 2.08. The molecule has 0 bridgehead atoms. The molecule has 27 heavy (non-hydrogen) atoms. The fourth-order valence-electron chi connectivity index (χ4n) is 4.44. The molecule has 0 radical (unpaired) electrons. The van der Waals surface area contributed by atoms with E-state index in [1.165, 1.54) is 25.7 Å². The van der Waals surface area contributed by atoms with Crippen molar-refractivity contribution < 1.29 is 9.84 Å². The number of nitrogens with zero attached hydrogens (tertiary/aromatic N) is 5. The van der Waals surface area contributed by atoms with Crippen LogP contribution in [-0.2, 0) is 11.2 Å². The van der Waals surface area contributed by atoms with Crippen LogP contribution in [0, 0.1) is 0 Å². The second-order valence-corrected chi connectivity index (χ2v) is 8.25. The molecule has 0 amide bonds. The number of aromatic nitrogens is 2. The molecule has 4 rings (SSSR count). The van der Waals surface area contributed by atoms with Gasteiger partial charge >= 0.3 is 0 Å². The molecule has 7 heteroatoms. The molecule has 4 heterocycles. The zero-order chi connectivity index (χ0) is 18.7. The Labute approximate surface area is 162 Å². The number of hydrogen-bond donors (Lipinski definition) is 1. The summed E-state index contributed by atoms with van der Waals surface area (Å²) >= 11 is 0. The van der Waals surface area contributed by atoms with E-state index in [1.54, 1.807) is 0 Å². The van der Waals surface area contributed by atoms with Crippen molar-refractivity contribution in [2.45, 2.75) is 44.6 Å². The highest BCUT2D eigenvalue weighted by Crippen LogP contribution is 2.25. The Morgan fingerprint density at radius 1 is 1.04 bits per heavy atom. The second kappa shape index (κ2) is 8.29. The first kappa shape index (κ1) is 18.9. The van der Waals surface area contributed by atoms with Gasteiger partial charge in [-0.05, 0) is 45.2 Å². The molecule has 0 aliphatic carbocycles. The van der Waals surface area contributed by atoms with Gasteiger partial charge in [0.05, 0.1) is 19.8 Å². The van der Waals surface area contributed by atoms with E-state index in [0.29, 0.717) is 26.3 Å². The summed E-state index contributed by atoms with van der Waals surface area (Å²) in [5.74, 6) is 1.77. The molecule has 3 saturated heterocycles. The lowest BCUT2D eigenvalue weighted by Crippen LogP contribution is -2.52. The monoisotopic (exact) mass is 375 g/mol. The normalized spacial score (nSPS) is 27.3. The Hall–Kier alpha value is -1.44. The second-order valence-electron chi connectivity index (χ2n) is 8.25. The highest BCUT2D eigenvalue weighted by molar-refractivity contribution is 5.47. The van der Waals surface area contributed by atoms with Gasteiger partial charge in [-0.15, -0.1) is 0 Å². The van der Waals surface area contributed by atoms with Gasteiger partial charge in [-0.3, -0.25) is 0 Å². The summed E-state index contributed by atoms with van der Waals surface area (Å²) in [4.78, 5) is 16.5. The summed E-state index contributed by atoms with van der Waals surface area (Å²) in [6.45, 7) is 9.36. The molecule has 3 aliphatic rings. The molecule has 0 aromatic carbocycles. The summed E-state index contributed by atoms with van der Waals surface area (Å²) in [5, 5.41) is 11.3. The Kier molecular flexibility index (Phi) is 5.80. The molecule has 1 unspecified atom stereocenters. The van der Waals surface area contributed by atoms with Gasteiger partial charge in [-0.2, -0.15) is 4.98 Å². The fraction of sp³-hybridized carbons (Fsp3) is 0.800. The molecule has 7 nitrogen and oxygen atoms in total. The van der Waals surface area contributed by atoms with Crippen LogP contribution in [0.5, 0.6) is 0 Å². The van der Waals surface area contributed by atoms with Crippen LogP contribution in [0.1, 0.15) is 38.3 Å². The average Bonchev–Trinajstić information content (AvgIpc) is 3.34. The minimum Gasteiger partial charge on any atom is -0.384 e. The maximum atomic E-state index is 11.3. The first-order chi connectivity index (χ1) is 13.1. The molecule has 3 fully saturated rings. The van der Waals surface area contributed by atoms with Crippen molar-refractivity contribution >= 4 is 11.8 Å². The van der Waals surface area contributed by atoms with Crippen molar-refractivity contribution in [2.75, 3.05) is 68.8 Å². The molecule has 150 valence electrons.